The Kier molecular flexibility index (Phi) is 6.61. The molecule has 0 N–H and O–H groups in total. The van der Waals surface area contributed by atoms with E-state index in [0.717, 1.165) is 48.7 Å². The Morgan fingerprint density at radius 3 is 1.64 bits per heavy atom. The maximum atomic E-state index is 13.0. The third-order valence-corrected chi connectivity index (χ3v) is 6.70. The Morgan fingerprint density at radius 1 is 0.758 bits per heavy atom. The van der Waals surface area contributed by atoms with Crippen molar-refractivity contribution in [1.29, 1.82) is 0 Å². The van der Waals surface area contributed by atoms with E-state index < -0.39 is 11.6 Å². The van der Waals surface area contributed by atoms with Crippen LogP contribution in [0.25, 0.3) is 0 Å². The van der Waals surface area contributed by atoms with E-state index in [2.05, 4.69) is 66.7 Å². The molecule has 6 heteroatoms. The highest BCUT2D eigenvalue weighted by atomic mass is 35.5. The van der Waals surface area contributed by atoms with Crippen LogP contribution < -0.4 is 9.80 Å². The van der Waals surface area contributed by atoms with Gasteiger partial charge in [0.05, 0.1) is 0 Å². The van der Waals surface area contributed by atoms with Crippen LogP contribution in [0.2, 0.25) is 5.15 Å². The number of nitrogens with zero attached hydrogens (tertiary/aromatic N) is 3. The molecule has 0 fully saturated rings. The molecule has 0 radical (unpaired) electrons. The standard InChI is InChI=1S/C27H30ClN3O2/c1-5-30(6-2)21-13-9-19(10-14-21)27(20-11-15-22(16-12-20)31(7-3)8-4)23-17-18-24(28)29-25(23)26(32)33-27/h9-18H,5-8H2,1-4H3. The first-order valence-corrected chi connectivity index (χ1v) is 12.0. The summed E-state index contributed by atoms with van der Waals surface area (Å²) in [4.78, 5) is 21.8. The van der Waals surface area contributed by atoms with Gasteiger partial charge in [-0.25, -0.2) is 9.78 Å². The first-order chi connectivity index (χ1) is 16.0. The summed E-state index contributed by atoms with van der Waals surface area (Å²) in [6.07, 6.45) is 0. The number of hydrogen-bond donors (Lipinski definition) is 0. The minimum Gasteiger partial charge on any atom is -0.439 e. The zero-order chi connectivity index (χ0) is 23.6. The van der Waals surface area contributed by atoms with Crippen molar-refractivity contribution in [1.82, 2.24) is 4.98 Å². The van der Waals surface area contributed by atoms with Crippen molar-refractivity contribution in [3.63, 3.8) is 0 Å². The van der Waals surface area contributed by atoms with Gasteiger partial charge in [0.25, 0.3) is 0 Å². The number of anilines is 2. The maximum Gasteiger partial charge on any atom is 0.359 e. The first-order valence-electron chi connectivity index (χ1n) is 11.6. The van der Waals surface area contributed by atoms with Gasteiger partial charge in [-0.3, -0.25) is 0 Å². The number of hydrogen-bond acceptors (Lipinski definition) is 5. The van der Waals surface area contributed by atoms with Gasteiger partial charge in [-0.2, -0.15) is 0 Å². The molecule has 1 aliphatic rings. The van der Waals surface area contributed by atoms with Gasteiger partial charge < -0.3 is 14.5 Å². The molecule has 5 nitrogen and oxygen atoms in total. The summed E-state index contributed by atoms with van der Waals surface area (Å²) in [5.74, 6) is -0.465. The fraction of sp³-hybridized carbons (Fsp3) is 0.333. The highest BCUT2D eigenvalue weighted by Gasteiger charge is 2.49. The van der Waals surface area contributed by atoms with E-state index in [1.807, 2.05) is 30.3 Å². The van der Waals surface area contributed by atoms with Crippen molar-refractivity contribution in [3.8, 4) is 0 Å². The monoisotopic (exact) mass is 463 g/mol. The number of esters is 1. The predicted octanol–water partition coefficient (Wildman–Crippen LogP) is 5.89. The van der Waals surface area contributed by atoms with E-state index in [9.17, 15) is 4.79 Å². The largest absolute Gasteiger partial charge is 0.439 e. The third kappa shape index (κ3) is 3.95. The number of aromatic nitrogens is 1. The van der Waals surface area contributed by atoms with E-state index in [1.54, 1.807) is 6.07 Å². The minimum absolute atomic E-state index is 0.267. The second-order valence-electron chi connectivity index (χ2n) is 8.04. The summed E-state index contributed by atoms with van der Waals surface area (Å²) >= 11 is 6.12. The topological polar surface area (TPSA) is 45.7 Å². The van der Waals surface area contributed by atoms with E-state index in [1.165, 1.54) is 0 Å². The molecule has 1 aromatic heterocycles. The molecule has 33 heavy (non-hydrogen) atoms. The van der Waals surface area contributed by atoms with Crippen LogP contribution in [0.5, 0.6) is 0 Å². The van der Waals surface area contributed by atoms with Crippen LogP contribution in [-0.4, -0.2) is 37.1 Å². The number of fused-ring (bicyclic) bond motifs is 1. The van der Waals surface area contributed by atoms with Crippen LogP contribution in [0.1, 0.15) is 54.9 Å². The Bertz CT molecular complexity index is 1070. The Labute approximate surface area is 201 Å². The molecule has 4 rings (SSSR count). The van der Waals surface area contributed by atoms with Crippen LogP contribution in [0.3, 0.4) is 0 Å². The van der Waals surface area contributed by atoms with Crippen molar-refractivity contribution >= 4 is 28.9 Å². The normalized spacial score (nSPS) is 14.0. The summed E-state index contributed by atoms with van der Waals surface area (Å²) in [5.41, 5.74) is 3.93. The SMILES string of the molecule is CCN(CC)c1ccc(C2(c3ccc(N(CC)CC)cc3)OC(=O)c3nc(Cl)ccc32)cc1. The number of rotatable bonds is 8. The number of ether oxygens (including phenoxy) is 1. The average Bonchev–Trinajstić information content (AvgIpc) is 3.14. The summed E-state index contributed by atoms with van der Waals surface area (Å²) in [7, 11) is 0. The van der Waals surface area contributed by atoms with Crippen LogP contribution in [-0.2, 0) is 10.3 Å². The molecule has 1 aliphatic heterocycles. The summed E-state index contributed by atoms with van der Waals surface area (Å²) in [6, 6.07) is 20.1. The maximum absolute atomic E-state index is 13.0. The Hall–Kier alpha value is -3.05. The van der Waals surface area contributed by atoms with E-state index in [4.69, 9.17) is 16.3 Å². The molecule has 0 atom stereocenters. The molecule has 0 saturated carbocycles. The van der Waals surface area contributed by atoms with Gasteiger partial charge in [0.1, 0.15) is 5.15 Å². The molecule has 0 saturated heterocycles. The second-order valence-corrected chi connectivity index (χ2v) is 8.43. The molecule has 2 heterocycles. The highest BCUT2D eigenvalue weighted by Crippen LogP contribution is 2.47. The molecule has 0 amide bonds. The lowest BCUT2D eigenvalue weighted by molar-refractivity contribution is 0.0249. The van der Waals surface area contributed by atoms with Gasteiger partial charge in [0, 0.05) is 54.2 Å². The fourth-order valence-corrected chi connectivity index (χ4v) is 4.85. The quantitative estimate of drug-likeness (QED) is 0.308. The van der Waals surface area contributed by atoms with Crippen molar-refractivity contribution < 1.29 is 9.53 Å². The summed E-state index contributed by atoms with van der Waals surface area (Å²) in [6.45, 7) is 12.3. The molecule has 2 aromatic carbocycles. The summed E-state index contributed by atoms with van der Waals surface area (Å²) < 4.78 is 6.17. The van der Waals surface area contributed by atoms with Crippen LogP contribution in [0.4, 0.5) is 11.4 Å². The first kappa shape index (κ1) is 23.1. The molecular formula is C27H30ClN3O2. The minimum atomic E-state index is -1.08. The van der Waals surface area contributed by atoms with Crippen LogP contribution in [0.15, 0.2) is 60.7 Å². The van der Waals surface area contributed by atoms with Gasteiger partial charge in [0.15, 0.2) is 11.3 Å². The van der Waals surface area contributed by atoms with E-state index >= 15 is 0 Å². The number of cyclic esters (lactones) is 1. The van der Waals surface area contributed by atoms with Crippen LogP contribution in [0, 0.1) is 0 Å². The number of benzene rings is 2. The average molecular weight is 464 g/mol. The van der Waals surface area contributed by atoms with Gasteiger partial charge in [-0.15, -0.1) is 0 Å². The zero-order valence-corrected chi connectivity index (χ0v) is 20.4. The fourth-order valence-electron chi connectivity index (χ4n) is 4.70. The van der Waals surface area contributed by atoms with Gasteiger partial charge in [-0.05, 0) is 64.1 Å². The number of halogens is 1. The van der Waals surface area contributed by atoms with E-state index in [0.29, 0.717) is 5.56 Å². The van der Waals surface area contributed by atoms with Gasteiger partial charge >= 0.3 is 5.97 Å². The smallest absolute Gasteiger partial charge is 0.359 e. The summed E-state index contributed by atoms with van der Waals surface area (Å²) in [5, 5.41) is 0.273. The van der Waals surface area contributed by atoms with E-state index in [-0.39, 0.29) is 10.8 Å². The number of carbonyl (C=O) groups excluding carboxylic acids is 1. The highest BCUT2D eigenvalue weighted by molar-refractivity contribution is 6.29. The lowest BCUT2D eigenvalue weighted by Crippen LogP contribution is -2.30. The van der Waals surface area contributed by atoms with Gasteiger partial charge in [-0.1, -0.05) is 35.9 Å². The molecule has 0 unspecified atom stereocenters. The van der Waals surface area contributed by atoms with Crippen molar-refractivity contribution in [2.45, 2.75) is 33.3 Å². The number of carbonyl (C=O) groups is 1. The molecule has 172 valence electrons. The lowest BCUT2D eigenvalue weighted by Gasteiger charge is -2.31. The number of pyridine rings is 1. The van der Waals surface area contributed by atoms with Crippen LogP contribution >= 0.6 is 11.6 Å². The van der Waals surface area contributed by atoms with Crippen molar-refractivity contribution in [3.05, 3.63) is 88.2 Å². The lowest BCUT2D eigenvalue weighted by atomic mass is 9.80. The van der Waals surface area contributed by atoms with Crippen molar-refractivity contribution in [2.24, 2.45) is 0 Å². The Morgan fingerprint density at radius 2 is 1.21 bits per heavy atom. The molecule has 0 spiro atoms. The molecular weight excluding hydrogens is 434 g/mol. The second kappa shape index (κ2) is 9.44. The van der Waals surface area contributed by atoms with Gasteiger partial charge in [0.2, 0.25) is 0 Å². The third-order valence-electron chi connectivity index (χ3n) is 6.48. The molecule has 0 aliphatic carbocycles. The Balaban J connectivity index is 1.88. The zero-order valence-electron chi connectivity index (χ0n) is 19.6. The van der Waals surface area contributed by atoms with Crippen molar-refractivity contribution in [2.75, 3.05) is 36.0 Å². The predicted molar refractivity (Wildman–Crippen MR) is 135 cm³/mol. The molecule has 0 bridgehead atoms. The molecule has 3 aromatic rings.